The van der Waals surface area contributed by atoms with Crippen LogP contribution in [0.1, 0.15) is 23.7 Å². The molecule has 5 N–H and O–H groups in total. The van der Waals surface area contributed by atoms with Crippen LogP contribution < -0.4 is 16.8 Å². The lowest BCUT2D eigenvalue weighted by Crippen LogP contribution is -2.20. The average Bonchev–Trinajstić information content (AvgIpc) is 2.28. The molecule has 0 heterocycles. The first-order valence-electron chi connectivity index (χ1n) is 5.42. The Balaban J connectivity index is 2.65. The van der Waals surface area contributed by atoms with Gasteiger partial charge in [0.2, 0.25) is 11.8 Å². The van der Waals surface area contributed by atoms with Crippen LogP contribution in [-0.2, 0) is 4.79 Å². The lowest BCUT2D eigenvalue weighted by atomic mass is 10.1. The minimum Gasteiger partial charge on any atom is -0.366 e. The maximum absolute atomic E-state index is 11.6. The number of nitrogens with two attached hydrogens (primary N) is 2. The van der Waals surface area contributed by atoms with Gasteiger partial charge in [0, 0.05) is 17.7 Å². The van der Waals surface area contributed by atoms with Crippen molar-refractivity contribution >= 4 is 17.5 Å². The summed E-state index contributed by atoms with van der Waals surface area (Å²) in [5.74, 6) is -0.504. The molecule has 92 valence electrons. The maximum Gasteiger partial charge on any atom is 0.248 e. The Morgan fingerprint density at radius 2 is 2.12 bits per heavy atom. The second-order valence-corrected chi connectivity index (χ2v) is 4.04. The second kappa shape index (κ2) is 6.00. The molecule has 0 aliphatic rings. The third kappa shape index (κ3) is 4.24. The van der Waals surface area contributed by atoms with Crippen LogP contribution in [0.4, 0.5) is 5.69 Å². The van der Waals surface area contributed by atoms with Gasteiger partial charge in [-0.25, -0.2) is 0 Å². The number of carbonyl (C=O) groups is 2. The van der Waals surface area contributed by atoms with E-state index in [0.717, 1.165) is 0 Å². The smallest absolute Gasteiger partial charge is 0.248 e. The highest BCUT2D eigenvalue weighted by Crippen LogP contribution is 2.11. The van der Waals surface area contributed by atoms with E-state index in [-0.39, 0.29) is 11.8 Å². The third-order valence-corrected chi connectivity index (χ3v) is 2.37. The summed E-state index contributed by atoms with van der Waals surface area (Å²) in [7, 11) is 0. The summed E-state index contributed by atoms with van der Waals surface area (Å²) in [6.45, 7) is 2.37. The standard InChI is InChI=1S/C12H17N3O2/c1-8(7-13)5-11(16)15-10-4-2-3-9(6-10)12(14)17/h2-4,6,8H,5,7,13H2,1H3,(H2,14,17)(H,15,16). The fraction of sp³-hybridized carbons (Fsp3) is 0.333. The molecule has 0 aliphatic carbocycles. The molecule has 0 radical (unpaired) electrons. The maximum atomic E-state index is 11.6. The molecule has 0 saturated carbocycles. The van der Waals surface area contributed by atoms with Crippen molar-refractivity contribution in [2.24, 2.45) is 17.4 Å². The van der Waals surface area contributed by atoms with Gasteiger partial charge in [-0.1, -0.05) is 13.0 Å². The lowest BCUT2D eigenvalue weighted by molar-refractivity contribution is -0.116. The highest BCUT2D eigenvalue weighted by molar-refractivity contribution is 5.96. The van der Waals surface area contributed by atoms with E-state index in [1.165, 1.54) is 0 Å². The number of nitrogens with one attached hydrogen (secondary N) is 1. The van der Waals surface area contributed by atoms with Crippen LogP contribution in [0.15, 0.2) is 24.3 Å². The van der Waals surface area contributed by atoms with Crippen LogP contribution in [0, 0.1) is 5.92 Å². The van der Waals surface area contributed by atoms with Gasteiger partial charge in [0.15, 0.2) is 0 Å². The number of hydrogen-bond acceptors (Lipinski definition) is 3. The van der Waals surface area contributed by atoms with E-state index in [1.54, 1.807) is 24.3 Å². The minimum atomic E-state index is -0.517. The van der Waals surface area contributed by atoms with E-state index in [0.29, 0.717) is 24.2 Å². The van der Waals surface area contributed by atoms with Gasteiger partial charge in [-0.05, 0) is 30.7 Å². The van der Waals surface area contributed by atoms with E-state index in [4.69, 9.17) is 11.5 Å². The molecule has 17 heavy (non-hydrogen) atoms. The van der Waals surface area contributed by atoms with Gasteiger partial charge in [-0.3, -0.25) is 9.59 Å². The predicted octanol–water partition coefficient (Wildman–Crippen LogP) is 0.709. The summed E-state index contributed by atoms with van der Waals surface area (Å²) in [4.78, 5) is 22.5. The van der Waals surface area contributed by atoms with Crippen LogP contribution in [0.5, 0.6) is 0 Å². The van der Waals surface area contributed by atoms with Crippen molar-refractivity contribution in [3.05, 3.63) is 29.8 Å². The minimum absolute atomic E-state index is 0.121. The lowest BCUT2D eigenvalue weighted by Gasteiger charge is -2.09. The summed E-state index contributed by atoms with van der Waals surface area (Å²) in [6, 6.07) is 6.52. The van der Waals surface area contributed by atoms with Crippen molar-refractivity contribution in [1.29, 1.82) is 0 Å². The highest BCUT2D eigenvalue weighted by atomic mass is 16.2. The molecule has 1 aromatic rings. The first-order chi connectivity index (χ1) is 8.02. The topological polar surface area (TPSA) is 98.2 Å². The molecular weight excluding hydrogens is 218 g/mol. The number of anilines is 1. The number of carbonyl (C=O) groups excluding carboxylic acids is 2. The Bertz CT molecular complexity index is 418. The number of amides is 2. The summed E-state index contributed by atoms with van der Waals surface area (Å²) in [6.07, 6.45) is 0.358. The van der Waals surface area contributed by atoms with Crippen molar-refractivity contribution in [3.8, 4) is 0 Å². The average molecular weight is 235 g/mol. The van der Waals surface area contributed by atoms with Crippen molar-refractivity contribution in [1.82, 2.24) is 0 Å². The normalized spacial score (nSPS) is 11.9. The summed E-state index contributed by atoms with van der Waals surface area (Å²) in [5.41, 5.74) is 11.5. The Hall–Kier alpha value is -1.88. The van der Waals surface area contributed by atoms with E-state index in [1.807, 2.05) is 6.92 Å². The van der Waals surface area contributed by atoms with Crippen LogP contribution in [-0.4, -0.2) is 18.4 Å². The van der Waals surface area contributed by atoms with Crippen molar-refractivity contribution in [2.75, 3.05) is 11.9 Å². The zero-order chi connectivity index (χ0) is 12.8. The quantitative estimate of drug-likeness (QED) is 0.700. The number of rotatable bonds is 5. The van der Waals surface area contributed by atoms with Gasteiger partial charge in [0.25, 0.3) is 0 Å². The summed E-state index contributed by atoms with van der Waals surface area (Å²) < 4.78 is 0. The highest BCUT2D eigenvalue weighted by Gasteiger charge is 2.08. The van der Waals surface area contributed by atoms with Gasteiger partial charge in [-0.15, -0.1) is 0 Å². The van der Waals surface area contributed by atoms with Crippen LogP contribution in [0.3, 0.4) is 0 Å². The van der Waals surface area contributed by atoms with Gasteiger partial charge in [0.1, 0.15) is 0 Å². The van der Waals surface area contributed by atoms with Gasteiger partial charge >= 0.3 is 0 Å². The van der Waals surface area contributed by atoms with Crippen molar-refractivity contribution in [2.45, 2.75) is 13.3 Å². The molecule has 0 spiro atoms. The molecule has 0 bridgehead atoms. The molecule has 0 saturated heterocycles. The Kier molecular flexibility index (Phi) is 4.66. The zero-order valence-corrected chi connectivity index (χ0v) is 9.77. The summed E-state index contributed by atoms with van der Waals surface area (Å²) >= 11 is 0. The summed E-state index contributed by atoms with van der Waals surface area (Å²) in [5, 5.41) is 2.70. The van der Waals surface area contributed by atoms with Crippen LogP contribution in [0.2, 0.25) is 0 Å². The Labute approximate surface area is 100 Å². The van der Waals surface area contributed by atoms with E-state index in [9.17, 15) is 9.59 Å². The molecule has 1 atom stereocenters. The second-order valence-electron chi connectivity index (χ2n) is 4.04. The number of benzene rings is 1. The first kappa shape index (κ1) is 13.2. The van der Waals surface area contributed by atoms with E-state index in [2.05, 4.69) is 5.32 Å². The zero-order valence-electron chi connectivity index (χ0n) is 9.77. The fourth-order valence-corrected chi connectivity index (χ4v) is 1.36. The molecule has 0 fully saturated rings. The van der Waals surface area contributed by atoms with E-state index >= 15 is 0 Å². The monoisotopic (exact) mass is 235 g/mol. The van der Waals surface area contributed by atoms with Gasteiger partial charge < -0.3 is 16.8 Å². The van der Waals surface area contributed by atoms with Gasteiger partial charge in [0.05, 0.1) is 0 Å². The number of hydrogen-bond donors (Lipinski definition) is 3. The molecule has 5 nitrogen and oxygen atoms in total. The SMILES string of the molecule is CC(CN)CC(=O)Nc1cccc(C(N)=O)c1. The van der Waals surface area contributed by atoms with Crippen LogP contribution in [0.25, 0.3) is 0 Å². The molecule has 1 aromatic carbocycles. The molecule has 2 amide bonds. The number of primary amides is 1. The molecule has 1 rings (SSSR count). The Morgan fingerprint density at radius 3 is 2.71 bits per heavy atom. The fourth-order valence-electron chi connectivity index (χ4n) is 1.36. The van der Waals surface area contributed by atoms with Crippen LogP contribution >= 0.6 is 0 Å². The molecule has 0 aliphatic heterocycles. The first-order valence-corrected chi connectivity index (χ1v) is 5.42. The molecule has 5 heteroatoms. The third-order valence-electron chi connectivity index (χ3n) is 2.37. The molecular formula is C12H17N3O2. The molecule has 0 aromatic heterocycles. The van der Waals surface area contributed by atoms with Gasteiger partial charge in [-0.2, -0.15) is 0 Å². The largest absolute Gasteiger partial charge is 0.366 e. The molecule has 1 unspecified atom stereocenters. The van der Waals surface area contributed by atoms with E-state index < -0.39 is 5.91 Å². The Morgan fingerprint density at radius 1 is 1.41 bits per heavy atom. The van der Waals surface area contributed by atoms with Crippen molar-refractivity contribution in [3.63, 3.8) is 0 Å². The predicted molar refractivity (Wildman–Crippen MR) is 66.4 cm³/mol. The van der Waals surface area contributed by atoms with Crippen molar-refractivity contribution < 1.29 is 9.59 Å².